The van der Waals surface area contributed by atoms with E-state index < -0.39 is 0 Å². The summed E-state index contributed by atoms with van der Waals surface area (Å²) in [5, 5.41) is 0.868. The van der Waals surface area contributed by atoms with Crippen molar-refractivity contribution >= 4 is 11.6 Å². The summed E-state index contributed by atoms with van der Waals surface area (Å²) < 4.78 is 0. The van der Waals surface area contributed by atoms with Crippen LogP contribution < -0.4 is 0 Å². The van der Waals surface area contributed by atoms with E-state index in [4.69, 9.17) is 11.6 Å². The van der Waals surface area contributed by atoms with Gasteiger partial charge in [-0.25, -0.2) is 0 Å². The van der Waals surface area contributed by atoms with Gasteiger partial charge in [-0.15, -0.1) is 0 Å². The van der Waals surface area contributed by atoms with Crippen LogP contribution in [0, 0.1) is 20.8 Å². The van der Waals surface area contributed by atoms with Crippen LogP contribution in [0.15, 0.2) is 0 Å². The number of aromatic amines is 1. The van der Waals surface area contributed by atoms with Crippen LogP contribution in [-0.4, -0.2) is 4.98 Å². The molecule has 0 aliphatic heterocycles. The molecule has 0 spiro atoms. The number of aromatic nitrogens is 1. The first-order valence-electron chi connectivity index (χ1n) is 2.94. The molecule has 0 radical (unpaired) electrons. The van der Waals surface area contributed by atoms with E-state index in [1.807, 2.05) is 20.8 Å². The van der Waals surface area contributed by atoms with Crippen LogP contribution in [0.2, 0.25) is 5.02 Å². The van der Waals surface area contributed by atoms with Crippen molar-refractivity contribution in [2.45, 2.75) is 20.8 Å². The first-order valence-corrected chi connectivity index (χ1v) is 3.32. The van der Waals surface area contributed by atoms with Crippen molar-refractivity contribution in [3.05, 3.63) is 22.0 Å². The average Bonchev–Trinajstić information content (AvgIpc) is 1.98. The fraction of sp³-hybridized carbons (Fsp3) is 0.429. The zero-order chi connectivity index (χ0) is 7.02. The van der Waals surface area contributed by atoms with Crippen molar-refractivity contribution in [1.82, 2.24) is 4.98 Å². The van der Waals surface area contributed by atoms with Gasteiger partial charge in [0.25, 0.3) is 0 Å². The van der Waals surface area contributed by atoms with Crippen LogP contribution >= 0.6 is 11.6 Å². The number of nitrogens with one attached hydrogen (secondary N) is 1. The molecule has 1 aromatic rings. The lowest BCUT2D eigenvalue weighted by molar-refractivity contribution is 1.17. The molecule has 50 valence electrons. The van der Waals surface area contributed by atoms with Gasteiger partial charge < -0.3 is 4.98 Å². The molecule has 0 atom stereocenters. The second-order valence-electron chi connectivity index (χ2n) is 2.31. The molecular weight excluding hydrogens is 134 g/mol. The first kappa shape index (κ1) is 6.69. The molecule has 2 heteroatoms. The van der Waals surface area contributed by atoms with E-state index in [9.17, 15) is 0 Å². The lowest BCUT2D eigenvalue weighted by Gasteiger charge is -1.85. The van der Waals surface area contributed by atoms with Crippen LogP contribution in [-0.2, 0) is 0 Å². The Labute approximate surface area is 60.0 Å². The van der Waals surface area contributed by atoms with Crippen LogP contribution in [0.3, 0.4) is 0 Å². The van der Waals surface area contributed by atoms with Gasteiger partial charge in [-0.05, 0) is 26.3 Å². The molecule has 0 saturated carbocycles. The Morgan fingerprint density at radius 2 is 1.67 bits per heavy atom. The SMILES string of the molecule is Cc1[nH]c(C)c(Cl)c1C. The summed E-state index contributed by atoms with van der Waals surface area (Å²) in [6, 6.07) is 0. The molecular formula is C7H10ClN. The van der Waals surface area contributed by atoms with Crippen LogP contribution in [0.1, 0.15) is 17.0 Å². The zero-order valence-electron chi connectivity index (χ0n) is 5.88. The molecule has 1 nitrogen and oxygen atoms in total. The Bertz CT molecular complexity index is 203. The Morgan fingerprint density at radius 3 is 1.78 bits per heavy atom. The highest BCUT2D eigenvalue weighted by molar-refractivity contribution is 6.32. The Morgan fingerprint density at radius 1 is 1.11 bits per heavy atom. The maximum atomic E-state index is 5.87. The maximum Gasteiger partial charge on any atom is 0.0642 e. The third kappa shape index (κ3) is 0.969. The largest absolute Gasteiger partial charge is 0.361 e. The van der Waals surface area contributed by atoms with Crippen molar-refractivity contribution in [1.29, 1.82) is 0 Å². The molecule has 0 bridgehead atoms. The third-order valence-corrected chi connectivity index (χ3v) is 2.16. The second kappa shape index (κ2) is 2.07. The molecule has 0 aliphatic carbocycles. The number of aryl methyl sites for hydroxylation is 2. The number of H-pyrrole nitrogens is 1. The predicted octanol–water partition coefficient (Wildman–Crippen LogP) is 2.59. The van der Waals surface area contributed by atoms with E-state index in [-0.39, 0.29) is 0 Å². The maximum absolute atomic E-state index is 5.87. The highest BCUT2D eigenvalue weighted by Crippen LogP contribution is 2.21. The summed E-state index contributed by atoms with van der Waals surface area (Å²) >= 11 is 5.87. The molecule has 0 unspecified atom stereocenters. The topological polar surface area (TPSA) is 15.8 Å². The standard InChI is InChI=1S/C7H10ClN/c1-4-5(2)9-6(3)7(4)8/h9H,1-3H3. The van der Waals surface area contributed by atoms with Gasteiger partial charge >= 0.3 is 0 Å². The summed E-state index contributed by atoms with van der Waals surface area (Å²) in [6.45, 7) is 6.01. The molecule has 0 aliphatic rings. The van der Waals surface area contributed by atoms with Gasteiger partial charge in [-0.2, -0.15) is 0 Å². The molecule has 1 N–H and O–H groups in total. The van der Waals surface area contributed by atoms with E-state index in [2.05, 4.69) is 4.98 Å². The predicted molar refractivity (Wildman–Crippen MR) is 40.0 cm³/mol. The van der Waals surface area contributed by atoms with E-state index >= 15 is 0 Å². The summed E-state index contributed by atoms with van der Waals surface area (Å²) in [7, 11) is 0. The van der Waals surface area contributed by atoms with E-state index in [1.54, 1.807) is 0 Å². The highest BCUT2D eigenvalue weighted by atomic mass is 35.5. The molecule has 1 aromatic heterocycles. The normalized spacial score (nSPS) is 10.2. The molecule has 0 saturated heterocycles. The summed E-state index contributed by atoms with van der Waals surface area (Å²) in [5.41, 5.74) is 3.39. The summed E-state index contributed by atoms with van der Waals surface area (Å²) in [4.78, 5) is 3.14. The summed E-state index contributed by atoms with van der Waals surface area (Å²) in [6.07, 6.45) is 0. The minimum atomic E-state index is 0.868. The number of hydrogen-bond acceptors (Lipinski definition) is 0. The Kier molecular flexibility index (Phi) is 1.54. The van der Waals surface area contributed by atoms with E-state index in [0.717, 1.165) is 22.0 Å². The van der Waals surface area contributed by atoms with E-state index in [0.29, 0.717) is 0 Å². The van der Waals surface area contributed by atoms with Gasteiger partial charge in [0, 0.05) is 11.4 Å². The lowest BCUT2D eigenvalue weighted by atomic mass is 10.3. The van der Waals surface area contributed by atoms with Gasteiger partial charge in [0.2, 0.25) is 0 Å². The second-order valence-corrected chi connectivity index (χ2v) is 2.69. The van der Waals surface area contributed by atoms with Gasteiger partial charge in [0.05, 0.1) is 5.02 Å². The Balaban J connectivity index is 3.29. The smallest absolute Gasteiger partial charge is 0.0642 e. The fourth-order valence-electron chi connectivity index (χ4n) is 0.876. The van der Waals surface area contributed by atoms with Crippen molar-refractivity contribution in [3.63, 3.8) is 0 Å². The van der Waals surface area contributed by atoms with Gasteiger partial charge in [0.15, 0.2) is 0 Å². The van der Waals surface area contributed by atoms with Gasteiger partial charge in [-0.3, -0.25) is 0 Å². The molecule has 0 fully saturated rings. The molecule has 9 heavy (non-hydrogen) atoms. The van der Waals surface area contributed by atoms with Gasteiger partial charge in [0.1, 0.15) is 0 Å². The first-order chi connectivity index (χ1) is 4.13. The van der Waals surface area contributed by atoms with Crippen molar-refractivity contribution in [3.8, 4) is 0 Å². The Hall–Kier alpha value is -0.430. The van der Waals surface area contributed by atoms with E-state index in [1.165, 1.54) is 0 Å². The minimum Gasteiger partial charge on any atom is -0.361 e. The van der Waals surface area contributed by atoms with Crippen molar-refractivity contribution in [2.24, 2.45) is 0 Å². The molecule has 1 heterocycles. The van der Waals surface area contributed by atoms with Crippen molar-refractivity contribution in [2.75, 3.05) is 0 Å². The minimum absolute atomic E-state index is 0.868. The van der Waals surface area contributed by atoms with Crippen LogP contribution in [0.25, 0.3) is 0 Å². The quantitative estimate of drug-likeness (QED) is 0.575. The van der Waals surface area contributed by atoms with Crippen LogP contribution in [0.4, 0.5) is 0 Å². The monoisotopic (exact) mass is 143 g/mol. The fourth-order valence-corrected chi connectivity index (χ4v) is 1.06. The lowest BCUT2D eigenvalue weighted by Crippen LogP contribution is -1.71. The van der Waals surface area contributed by atoms with Gasteiger partial charge in [-0.1, -0.05) is 11.6 Å². The number of halogens is 1. The zero-order valence-corrected chi connectivity index (χ0v) is 6.63. The number of hydrogen-bond donors (Lipinski definition) is 1. The molecule has 1 rings (SSSR count). The molecule has 0 amide bonds. The third-order valence-electron chi connectivity index (χ3n) is 1.60. The van der Waals surface area contributed by atoms with Crippen molar-refractivity contribution < 1.29 is 0 Å². The van der Waals surface area contributed by atoms with Crippen LogP contribution in [0.5, 0.6) is 0 Å². The number of rotatable bonds is 0. The summed E-state index contributed by atoms with van der Waals surface area (Å²) in [5.74, 6) is 0. The molecule has 0 aromatic carbocycles. The highest BCUT2D eigenvalue weighted by Gasteiger charge is 2.03. The average molecular weight is 144 g/mol.